The van der Waals surface area contributed by atoms with Gasteiger partial charge in [-0.25, -0.2) is 4.79 Å². The van der Waals surface area contributed by atoms with Crippen LogP contribution in [0, 0.1) is 0 Å². The number of amides is 1. The summed E-state index contributed by atoms with van der Waals surface area (Å²) in [5.41, 5.74) is 0.0353. The summed E-state index contributed by atoms with van der Waals surface area (Å²) in [6.45, 7) is 3.91. The number of thioether (sulfide) groups is 1. The molecule has 0 aromatic heterocycles. The summed E-state index contributed by atoms with van der Waals surface area (Å²) in [5, 5.41) is 11.7. The maximum absolute atomic E-state index is 11.3. The van der Waals surface area contributed by atoms with Crippen molar-refractivity contribution in [3.05, 3.63) is 41.4 Å². The van der Waals surface area contributed by atoms with E-state index in [4.69, 9.17) is 16.7 Å². The maximum Gasteiger partial charge on any atom is 0.337 e. The van der Waals surface area contributed by atoms with Crippen LogP contribution in [0.25, 0.3) is 0 Å². The number of carbonyl (C=O) groups is 2. The van der Waals surface area contributed by atoms with Crippen LogP contribution in [0.2, 0.25) is 5.02 Å². The van der Waals surface area contributed by atoms with Crippen molar-refractivity contribution in [2.75, 3.05) is 12.3 Å². The minimum Gasteiger partial charge on any atom is -0.478 e. The van der Waals surface area contributed by atoms with Gasteiger partial charge in [-0.2, -0.15) is 0 Å². The molecule has 1 aromatic carbocycles. The molecule has 0 unspecified atom stereocenters. The van der Waals surface area contributed by atoms with Gasteiger partial charge in [-0.1, -0.05) is 17.7 Å². The number of hydrogen-bond donors (Lipinski definition) is 2. The highest BCUT2D eigenvalue weighted by Crippen LogP contribution is 2.24. The van der Waals surface area contributed by atoms with Crippen molar-refractivity contribution in [3.8, 4) is 0 Å². The van der Waals surface area contributed by atoms with Gasteiger partial charge < -0.3 is 10.4 Å². The van der Waals surface area contributed by atoms with Crippen LogP contribution in [-0.2, 0) is 4.79 Å². The summed E-state index contributed by atoms with van der Waals surface area (Å²) in [6, 6.07) is 4.64. The molecule has 0 aliphatic rings. The summed E-state index contributed by atoms with van der Waals surface area (Å²) >= 11 is 6.99. The van der Waals surface area contributed by atoms with Gasteiger partial charge in [0.25, 0.3) is 0 Å². The van der Waals surface area contributed by atoms with E-state index >= 15 is 0 Å². The Morgan fingerprint density at radius 2 is 2.22 bits per heavy atom. The van der Waals surface area contributed by atoms with Crippen molar-refractivity contribution in [1.29, 1.82) is 0 Å². The van der Waals surface area contributed by atoms with Crippen LogP contribution in [0.15, 0.2) is 35.7 Å². The monoisotopic (exact) mass is 285 g/mol. The molecule has 0 aliphatic heterocycles. The average Bonchev–Trinajstić information content (AvgIpc) is 2.35. The van der Waals surface area contributed by atoms with Crippen molar-refractivity contribution < 1.29 is 14.7 Å². The smallest absolute Gasteiger partial charge is 0.337 e. The standard InChI is InChI=1S/C12H12ClNO3S/c1-2-5-14-11(15)7-18-8-3-4-10(13)9(6-8)12(16)17/h2-4,6H,1,5,7H2,(H,14,15)(H,16,17). The molecule has 0 aliphatic carbocycles. The molecule has 0 saturated carbocycles. The first-order valence-electron chi connectivity index (χ1n) is 5.08. The molecule has 1 rings (SSSR count). The second kappa shape index (κ2) is 7.08. The van der Waals surface area contributed by atoms with E-state index in [1.54, 1.807) is 12.1 Å². The number of aromatic carboxylic acids is 1. The lowest BCUT2D eigenvalue weighted by atomic mass is 10.2. The molecule has 0 saturated heterocycles. The number of halogens is 1. The second-order valence-electron chi connectivity index (χ2n) is 3.33. The van der Waals surface area contributed by atoms with E-state index in [0.29, 0.717) is 11.4 Å². The third-order valence-corrected chi connectivity index (χ3v) is 3.31. The minimum absolute atomic E-state index is 0.0353. The van der Waals surface area contributed by atoms with Crippen LogP contribution in [0.5, 0.6) is 0 Å². The quantitative estimate of drug-likeness (QED) is 0.622. The molecule has 0 atom stereocenters. The van der Waals surface area contributed by atoms with Gasteiger partial charge >= 0.3 is 5.97 Å². The molecule has 0 bridgehead atoms. The van der Waals surface area contributed by atoms with Gasteiger partial charge in [-0.05, 0) is 18.2 Å². The third-order valence-electron chi connectivity index (χ3n) is 1.98. The lowest BCUT2D eigenvalue weighted by Gasteiger charge is -2.04. The lowest BCUT2D eigenvalue weighted by molar-refractivity contribution is -0.118. The number of carbonyl (C=O) groups excluding carboxylic acids is 1. The number of nitrogens with one attached hydrogen (secondary N) is 1. The molecule has 1 amide bonds. The average molecular weight is 286 g/mol. The van der Waals surface area contributed by atoms with Crippen LogP contribution in [0.4, 0.5) is 0 Å². The molecule has 0 heterocycles. The Bertz CT molecular complexity index is 476. The van der Waals surface area contributed by atoms with Gasteiger partial charge in [0, 0.05) is 11.4 Å². The Morgan fingerprint density at radius 1 is 1.50 bits per heavy atom. The first-order valence-corrected chi connectivity index (χ1v) is 6.44. The van der Waals surface area contributed by atoms with Crippen molar-refractivity contribution in [1.82, 2.24) is 5.32 Å². The topological polar surface area (TPSA) is 66.4 Å². The Morgan fingerprint density at radius 3 is 2.83 bits per heavy atom. The van der Waals surface area contributed by atoms with Gasteiger partial charge in [0.1, 0.15) is 0 Å². The zero-order valence-electron chi connectivity index (χ0n) is 9.48. The first-order chi connectivity index (χ1) is 8.54. The van der Waals surface area contributed by atoms with Crippen molar-refractivity contribution in [2.24, 2.45) is 0 Å². The molecule has 0 fully saturated rings. The predicted octanol–water partition coefficient (Wildman–Crippen LogP) is 2.43. The van der Waals surface area contributed by atoms with Crippen molar-refractivity contribution >= 4 is 35.2 Å². The maximum atomic E-state index is 11.3. The van der Waals surface area contributed by atoms with Crippen molar-refractivity contribution in [3.63, 3.8) is 0 Å². The fourth-order valence-corrected chi connectivity index (χ4v) is 2.11. The van der Waals surface area contributed by atoms with Crippen LogP contribution in [0.1, 0.15) is 10.4 Å². The SMILES string of the molecule is C=CCNC(=O)CSc1ccc(Cl)c(C(=O)O)c1. The molecular formula is C12H12ClNO3S. The Balaban J connectivity index is 2.63. The largest absolute Gasteiger partial charge is 0.478 e. The molecule has 1 aromatic rings. The fraction of sp³-hybridized carbons (Fsp3) is 0.167. The molecule has 96 valence electrons. The number of hydrogen-bond acceptors (Lipinski definition) is 3. The van der Waals surface area contributed by atoms with Crippen LogP contribution in [-0.4, -0.2) is 29.3 Å². The first kappa shape index (κ1) is 14.6. The highest BCUT2D eigenvalue weighted by molar-refractivity contribution is 8.00. The number of benzene rings is 1. The van der Waals surface area contributed by atoms with Gasteiger partial charge in [0.05, 0.1) is 16.3 Å². The Hall–Kier alpha value is -1.46. The van der Waals surface area contributed by atoms with Crippen LogP contribution >= 0.6 is 23.4 Å². The zero-order chi connectivity index (χ0) is 13.5. The normalized spacial score (nSPS) is 9.83. The van der Waals surface area contributed by atoms with Crippen LogP contribution in [0.3, 0.4) is 0 Å². The van der Waals surface area contributed by atoms with E-state index in [0.717, 1.165) is 0 Å². The highest BCUT2D eigenvalue weighted by Gasteiger charge is 2.10. The van der Waals surface area contributed by atoms with E-state index in [9.17, 15) is 9.59 Å². The summed E-state index contributed by atoms with van der Waals surface area (Å²) in [5.74, 6) is -1.00. The number of carboxylic acid groups (broad SMARTS) is 1. The summed E-state index contributed by atoms with van der Waals surface area (Å²) in [4.78, 5) is 22.9. The molecule has 18 heavy (non-hydrogen) atoms. The molecule has 2 N–H and O–H groups in total. The van der Waals surface area contributed by atoms with Gasteiger partial charge in [-0.3, -0.25) is 4.79 Å². The molecule has 4 nitrogen and oxygen atoms in total. The highest BCUT2D eigenvalue weighted by atomic mass is 35.5. The summed E-state index contributed by atoms with van der Waals surface area (Å²) < 4.78 is 0. The molecule has 0 spiro atoms. The molecule has 6 heteroatoms. The van der Waals surface area contributed by atoms with E-state index in [-0.39, 0.29) is 22.2 Å². The summed E-state index contributed by atoms with van der Waals surface area (Å²) in [6.07, 6.45) is 1.59. The summed E-state index contributed by atoms with van der Waals surface area (Å²) in [7, 11) is 0. The fourth-order valence-electron chi connectivity index (χ4n) is 1.14. The Kier molecular flexibility index (Phi) is 5.74. The second-order valence-corrected chi connectivity index (χ2v) is 4.78. The van der Waals surface area contributed by atoms with Gasteiger partial charge in [0.15, 0.2) is 0 Å². The van der Waals surface area contributed by atoms with Gasteiger partial charge in [0.2, 0.25) is 5.91 Å². The molecule has 0 radical (unpaired) electrons. The Labute approximate surface area is 114 Å². The number of rotatable bonds is 6. The van der Waals surface area contributed by atoms with E-state index in [2.05, 4.69) is 11.9 Å². The predicted molar refractivity (Wildman–Crippen MR) is 72.3 cm³/mol. The lowest BCUT2D eigenvalue weighted by Crippen LogP contribution is -2.24. The van der Waals surface area contributed by atoms with E-state index < -0.39 is 5.97 Å². The van der Waals surface area contributed by atoms with E-state index in [1.165, 1.54) is 23.9 Å². The minimum atomic E-state index is -1.08. The zero-order valence-corrected chi connectivity index (χ0v) is 11.1. The van der Waals surface area contributed by atoms with Crippen molar-refractivity contribution in [2.45, 2.75) is 4.90 Å². The van der Waals surface area contributed by atoms with Crippen LogP contribution < -0.4 is 5.32 Å². The van der Waals surface area contributed by atoms with E-state index in [1.807, 2.05) is 0 Å². The van der Waals surface area contributed by atoms with Gasteiger partial charge in [-0.15, -0.1) is 18.3 Å². The number of carboxylic acids is 1. The molecular weight excluding hydrogens is 274 g/mol. The third kappa shape index (κ3) is 4.43.